The number of rotatable bonds is 3. The van der Waals surface area contributed by atoms with Crippen molar-refractivity contribution in [1.82, 2.24) is 5.32 Å². The fourth-order valence-electron chi connectivity index (χ4n) is 1.93. The summed E-state index contributed by atoms with van der Waals surface area (Å²) in [5.74, 6) is 3.20. The Morgan fingerprint density at radius 2 is 1.78 bits per heavy atom. The molecule has 0 unspecified atom stereocenters. The Balaban J connectivity index is 2.69. The zero-order valence-electron chi connectivity index (χ0n) is 12.5. The van der Waals surface area contributed by atoms with Crippen LogP contribution < -0.4 is 5.32 Å². The number of carbonyl (C=O) groups excluding carboxylic acids is 1. The molecule has 18 heavy (non-hydrogen) atoms. The van der Waals surface area contributed by atoms with Gasteiger partial charge in [0, 0.05) is 0 Å². The van der Waals surface area contributed by atoms with Crippen molar-refractivity contribution in [3.05, 3.63) is 0 Å². The third-order valence-electron chi connectivity index (χ3n) is 2.61. The Morgan fingerprint density at radius 3 is 2.17 bits per heavy atom. The molecular weight excluding hydrogens is 258 g/mol. The van der Waals surface area contributed by atoms with Crippen LogP contribution in [0.2, 0.25) is 39.3 Å². The predicted octanol–water partition coefficient (Wildman–Crippen LogP) is 2.22. The average molecular weight is 284 g/mol. The van der Waals surface area contributed by atoms with Gasteiger partial charge in [-0.25, -0.2) is 0 Å². The third-order valence-corrected chi connectivity index (χ3v) is 4.58. The molecule has 1 amide bonds. The highest BCUT2D eigenvalue weighted by Crippen LogP contribution is 2.24. The van der Waals surface area contributed by atoms with Gasteiger partial charge in [0.2, 0.25) is 5.91 Å². The third kappa shape index (κ3) is 4.60. The van der Waals surface area contributed by atoms with E-state index in [1.165, 1.54) is 0 Å². The van der Waals surface area contributed by atoms with Crippen molar-refractivity contribution in [3.8, 4) is 11.5 Å². The van der Waals surface area contributed by atoms with Crippen molar-refractivity contribution < 1.29 is 9.22 Å². The Labute approximate surface area is 113 Å². The largest absolute Gasteiger partial charge is 0.414 e. The van der Waals surface area contributed by atoms with Gasteiger partial charge in [-0.05, 0) is 26.6 Å². The van der Waals surface area contributed by atoms with Crippen LogP contribution in [0.4, 0.5) is 0 Å². The quantitative estimate of drug-likeness (QED) is 0.490. The van der Waals surface area contributed by atoms with Gasteiger partial charge in [0.25, 0.3) is 0 Å². The van der Waals surface area contributed by atoms with E-state index in [0.717, 1.165) is 0 Å². The summed E-state index contributed by atoms with van der Waals surface area (Å²) in [6.45, 7) is 15.0. The Hall–Kier alpha value is -0.576. The summed E-state index contributed by atoms with van der Waals surface area (Å²) < 4.78 is 6.00. The van der Waals surface area contributed by atoms with Gasteiger partial charge in [-0.1, -0.05) is 25.6 Å². The topological polar surface area (TPSA) is 38.3 Å². The second-order valence-corrected chi connectivity index (χ2v) is 16.2. The number of hydrogen-bond donors (Lipinski definition) is 1. The maximum atomic E-state index is 11.7. The number of amides is 1. The predicted molar refractivity (Wildman–Crippen MR) is 80.4 cm³/mol. The van der Waals surface area contributed by atoms with Crippen molar-refractivity contribution in [1.29, 1.82) is 0 Å². The first-order chi connectivity index (χ1) is 7.99. The van der Waals surface area contributed by atoms with Crippen LogP contribution >= 0.6 is 0 Å². The first kappa shape index (κ1) is 15.5. The standard InChI is InChI=1S/C13H25NO2Si2/c1-10(16-18(5,6)7)12-11(14-13(12)15)8-9-17(2,3)4/h10-12H,1-7H3,(H,14,15)/t10-,11-,12-/m1/s1. The van der Waals surface area contributed by atoms with Crippen LogP contribution in [0, 0.1) is 17.4 Å². The molecule has 0 radical (unpaired) electrons. The molecule has 3 atom stereocenters. The molecular formula is C13H25NO2Si2. The summed E-state index contributed by atoms with van der Waals surface area (Å²) in [7, 11) is -2.98. The molecule has 5 heteroatoms. The first-order valence-electron chi connectivity index (χ1n) is 6.50. The highest BCUT2D eigenvalue weighted by molar-refractivity contribution is 6.83. The van der Waals surface area contributed by atoms with E-state index in [1.54, 1.807) is 0 Å². The van der Waals surface area contributed by atoms with Crippen molar-refractivity contribution >= 4 is 22.3 Å². The molecule has 1 aliphatic rings. The van der Waals surface area contributed by atoms with Gasteiger partial charge >= 0.3 is 0 Å². The number of nitrogens with one attached hydrogen (secondary N) is 1. The van der Waals surface area contributed by atoms with Gasteiger partial charge in [0.05, 0.1) is 12.0 Å². The van der Waals surface area contributed by atoms with E-state index in [1.807, 2.05) is 6.92 Å². The van der Waals surface area contributed by atoms with E-state index in [4.69, 9.17) is 4.43 Å². The van der Waals surface area contributed by atoms with Gasteiger partial charge in [-0.15, -0.1) is 5.54 Å². The van der Waals surface area contributed by atoms with Crippen molar-refractivity contribution in [2.45, 2.75) is 58.4 Å². The molecule has 0 saturated carbocycles. The zero-order valence-corrected chi connectivity index (χ0v) is 14.5. The summed E-state index contributed by atoms with van der Waals surface area (Å²) in [6, 6.07) is -0.0180. The fraction of sp³-hybridized carbons (Fsp3) is 0.769. The lowest BCUT2D eigenvalue weighted by molar-refractivity contribution is -0.137. The molecule has 0 aromatic heterocycles. The second-order valence-electron chi connectivity index (χ2n) is 6.97. The monoisotopic (exact) mass is 283 g/mol. The zero-order chi connectivity index (χ0) is 14.1. The molecule has 1 saturated heterocycles. The molecule has 0 aromatic carbocycles. The van der Waals surface area contributed by atoms with Crippen LogP contribution in [0.15, 0.2) is 0 Å². The normalized spacial score (nSPS) is 25.6. The highest BCUT2D eigenvalue weighted by Gasteiger charge is 2.43. The molecule has 1 heterocycles. The average Bonchev–Trinajstić information content (AvgIpc) is 2.06. The van der Waals surface area contributed by atoms with Gasteiger partial charge in [-0.2, -0.15) is 0 Å². The molecule has 102 valence electrons. The van der Waals surface area contributed by atoms with Crippen LogP contribution in [-0.2, 0) is 9.22 Å². The van der Waals surface area contributed by atoms with Gasteiger partial charge < -0.3 is 9.74 Å². The minimum absolute atomic E-state index is 0.0180. The molecule has 0 aromatic rings. The molecule has 1 aliphatic heterocycles. The lowest BCUT2D eigenvalue weighted by Crippen LogP contribution is -2.62. The second kappa shape index (κ2) is 5.20. The van der Waals surface area contributed by atoms with Crippen molar-refractivity contribution in [2.75, 3.05) is 0 Å². The molecule has 1 N–H and O–H groups in total. The van der Waals surface area contributed by atoms with E-state index < -0.39 is 16.4 Å². The fourth-order valence-corrected chi connectivity index (χ4v) is 3.78. The van der Waals surface area contributed by atoms with E-state index in [-0.39, 0.29) is 24.0 Å². The van der Waals surface area contributed by atoms with E-state index >= 15 is 0 Å². The maximum Gasteiger partial charge on any atom is 0.229 e. The molecule has 0 aliphatic carbocycles. The van der Waals surface area contributed by atoms with Gasteiger partial charge in [0.15, 0.2) is 8.32 Å². The molecule has 0 spiro atoms. The summed E-state index contributed by atoms with van der Waals surface area (Å²) in [6.07, 6.45) is -0.0358. The first-order valence-corrected chi connectivity index (χ1v) is 13.4. The number of β-lactam (4-membered cyclic amide) rings is 1. The van der Waals surface area contributed by atoms with Crippen molar-refractivity contribution in [3.63, 3.8) is 0 Å². The van der Waals surface area contributed by atoms with Gasteiger partial charge in [0.1, 0.15) is 14.1 Å². The summed E-state index contributed by atoms with van der Waals surface area (Å²) in [4.78, 5) is 11.7. The Bertz CT molecular complexity index is 385. The van der Waals surface area contributed by atoms with E-state index in [9.17, 15) is 4.79 Å². The van der Waals surface area contributed by atoms with Crippen LogP contribution in [0.1, 0.15) is 6.92 Å². The Kier molecular flexibility index (Phi) is 4.47. The SMILES string of the molecule is C[C@@H](O[Si](C)(C)C)[C@H]1C(=O)N[C@@H]1C#C[Si](C)(C)C. The minimum Gasteiger partial charge on any atom is -0.414 e. The summed E-state index contributed by atoms with van der Waals surface area (Å²) in [5.41, 5.74) is 3.32. The van der Waals surface area contributed by atoms with Gasteiger partial charge in [-0.3, -0.25) is 4.79 Å². The maximum absolute atomic E-state index is 11.7. The smallest absolute Gasteiger partial charge is 0.229 e. The van der Waals surface area contributed by atoms with Crippen LogP contribution in [0.5, 0.6) is 0 Å². The molecule has 1 fully saturated rings. The minimum atomic E-state index is -1.60. The van der Waals surface area contributed by atoms with Crippen LogP contribution in [-0.4, -0.2) is 34.4 Å². The van der Waals surface area contributed by atoms with Crippen LogP contribution in [0.3, 0.4) is 0 Å². The summed E-state index contributed by atoms with van der Waals surface area (Å²) >= 11 is 0. The highest BCUT2D eigenvalue weighted by atomic mass is 28.4. The molecule has 3 nitrogen and oxygen atoms in total. The van der Waals surface area contributed by atoms with E-state index in [2.05, 4.69) is 56.1 Å². The lowest BCUT2D eigenvalue weighted by Gasteiger charge is -2.39. The Morgan fingerprint density at radius 1 is 1.22 bits per heavy atom. The van der Waals surface area contributed by atoms with E-state index in [0.29, 0.717) is 0 Å². The molecule has 1 rings (SSSR count). The molecule has 0 bridgehead atoms. The summed E-state index contributed by atoms with van der Waals surface area (Å²) in [5, 5.41) is 2.88. The van der Waals surface area contributed by atoms with Crippen LogP contribution in [0.25, 0.3) is 0 Å². The van der Waals surface area contributed by atoms with Crippen molar-refractivity contribution in [2.24, 2.45) is 5.92 Å². The lowest BCUT2D eigenvalue weighted by atomic mass is 9.87. The number of hydrogen-bond acceptors (Lipinski definition) is 2. The number of carbonyl (C=O) groups is 1.